The second-order valence-electron chi connectivity index (χ2n) is 6.36. The molecule has 0 radical (unpaired) electrons. The molecule has 4 aromatic rings. The number of pyridine rings is 1. The van der Waals surface area contributed by atoms with Crippen molar-refractivity contribution in [3.63, 3.8) is 0 Å². The first-order valence-electron chi connectivity index (χ1n) is 8.56. The van der Waals surface area contributed by atoms with Gasteiger partial charge in [-0.05, 0) is 35.4 Å². The van der Waals surface area contributed by atoms with Crippen LogP contribution in [0.1, 0.15) is 21.5 Å². The molecule has 0 aliphatic heterocycles. The summed E-state index contributed by atoms with van der Waals surface area (Å²) in [4.78, 5) is 16.9. The molecular formula is C22H19N3O. The van der Waals surface area contributed by atoms with E-state index in [4.69, 9.17) is 5.73 Å². The number of hydrogen-bond donors (Lipinski definition) is 1. The molecule has 4 heteroatoms. The minimum atomic E-state index is 0.0718. The normalized spacial score (nSPS) is 10.9. The number of fused-ring (bicyclic) bond motifs is 1. The Hall–Kier alpha value is -3.40. The molecule has 2 aromatic carbocycles. The van der Waals surface area contributed by atoms with E-state index < -0.39 is 0 Å². The number of aromatic nitrogens is 2. The molecule has 128 valence electrons. The average molecular weight is 341 g/mol. The Kier molecular flexibility index (Phi) is 4.23. The van der Waals surface area contributed by atoms with Crippen LogP contribution in [0.15, 0.2) is 79.1 Å². The highest BCUT2D eigenvalue weighted by Crippen LogP contribution is 2.17. The van der Waals surface area contributed by atoms with E-state index in [0.29, 0.717) is 17.7 Å². The van der Waals surface area contributed by atoms with Crippen LogP contribution in [0, 0.1) is 0 Å². The van der Waals surface area contributed by atoms with Gasteiger partial charge in [-0.15, -0.1) is 0 Å². The van der Waals surface area contributed by atoms with E-state index in [-0.39, 0.29) is 5.78 Å². The lowest BCUT2D eigenvalue weighted by atomic mass is 10.0. The number of carbonyl (C=O) groups is 1. The molecule has 2 aromatic heterocycles. The molecule has 4 nitrogen and oxygen atoms in total. The maximum absolute atomic E-state index is 12.5. The summed E-state index contributed by atoms with van der Waals surface area (Å²) in [5.74, 6) is 0.0718. The summed E-state index contributed by atoms with van der Waals surface area (Å²) in [7, 11) is 0. The third kappa shape index (κ3) is 3.22. The summed E-state index contributed by atoms with van der Waals surface area (Å²) in [5, 5.41) is 1.12. The van der Waals surface area contributed by atoms with Crippen LogP contribution in [0.3, 0.4) is 0 Å². The molecule has 0 saturated carbocycles. The maximum atomic E-state index is 12.5. The van der Waals surface area contributed by atoms with Gasteiger partial charge in [-0.2, -0.15) is 0 Å². The molecular weight excluding hydrogens is 322 g/mol. The van der Waals surface area contributed by atoms with Crippen molar-refractivity contribution in [3.05, 3.63) is 95.8 Å². The standard InChI is InChI=1S/C22H19N3O/c23-20-6-2-1-4-19(20)14-21(26)17-9-7-16(8-10-17)15-25-13-11-18-5-3-12-24-22(18)25/h1-13H,14-15,23H2. The van der Waals surface area contributed by atoms with Gasteiger partial charge >= 0.3 is 0 Å². The fourth-order valence-corrected chi connectivity index (χ4v) is 3.11. The Morgan fingerprint density at radius 3 is 2.58 bits per heavy atom. The van der Waals surface area contributed by atoms with Crippen LogP contribution in [-0.4, -0.2) is 15.3 Å². The highest BCUT2D eigenvalue weighted by atomic mass is 16.1. The number of ketones is 1. The lowest BCUT2D eigenvalue weighted by Crippen LogP contribution is -2.06. The van der Waals surface area contributed by atoms with Gasteiger partial charge in [0.15, 0.2) is 5.78 Å². The van der Waals surface area contributed by atoms with Crippen molar-refractivity contribution >= 4 is 22.5 Å². The largest absolute Gasteiger partial charge is 0.398 e. The van der Waals surface area contributed by atoms with Gasteiger partial charge in [0.05, 0.1) is 0 Å². The van der Waals surface area contributed by atoms with E-state index in [2.05, 4.69) is 21.7 Å². The molecule has 0 atom stereocenters. The van der Waals surface area contributed by atoms with E-state index in [1.165, 1.54) is 0 Å². The van der Waals surface area contributed by atoms with Crippen molar-refractivity contribution in [1.82, 2.24) is 9.55 Å². The minimum absolute atomic E-state index is 0.0718. The fourth-order valence-electron chi connectivity index (χ4n) is 3.11. The third-order valence-electron chi connectivity index (χ3n) is 4.56. The molecule has 0 bridgehead atoms. The first-order valence-corrected chi connectivity index (χ1v) is 8.56. The summed E-state index contributed by atoms with van der Waals surface area (Å²) in [6.45, 7) is 0.723. The second-order valence-corrected chi connectivity index (χ2v) is 6.36. The van der Waals surface area contributed by atoms with Crippen molar-refractivity contribution in [2.45, 2.75) is 13.0 Å². The first-order chi connectivity index (χ1) is 12.7. The van der Waals surface area contributed by atoms with E-state index >= 15 is 0 Å². The van der Waals surface area contributed by atoms with E-state index in [1.54, 1.807) is 6.20 Å². The summed E-state index contributed by atoms with van der Waals surface area (Å²) >= 11 is 0. The lowest BCUT2D eigenvalue weighted by Gasteiger charge is -2.07. The molecule has 2 heterocycles. The van der Waals surface area contributed by atoms with Crippen molar-refractivity contribution in [3.8, 4) is 0 Å². The van der Waals surface area contributed by atoms with Crippen molar-refractivity contribution < 1.29 is 4.79 Å². The van der Waals surface area contributed by atoms with Crippen LogP contribution in [0.4, 0.5) is 5.69 Å². The smallest absolute Gasteiger partial charge is 0.167 e. The number of Topliss-reactive ketones (excluding diaryl/α,β-unsaturated/α-hetero) is 1. The maximum Gasteiger partial charge on any atom is 0.167 e. The number of carbonyl (C=O) groups excluding carboxylic acids is 1. The van der Waals surface area contributed by atoms with Crippen LogP contribution < -0.4 is 5.73 Å². The summed E-state index contributed by atoms with van der Waals surface area (Å²) in [5.41, 5.74) is 10.3. The van der Waals surface area contributed by atoms with Crippen LogP contribution in [0.5, 0.6) is 0 Å². The van der Waals surface area contributed by atoms with E-state index in [9.17, 15) is 4.79 Å². The highest BCUT2D eigenvalue weighted by molar-refractivity contribution is 5.98. The minimum Gasteiger partial charge on any atom is -0.398 e. The van der Waals surface area contributed by atoms with Gasteiger partial charge in [-0.1, -0.05) is 42.5 Å². The Bertz CT molecular complexity index is 1060. The van der Waals surface area contributed by atoms with E-state index in [1.807, 2.05) is 60.8 Å². The molecule has 26 heavy (non-hydrogen) atoms. The van der Waals surface area contributed by atoms with Gasteiger partial charge in [-0.3, -0.25) is 4.79 Å². The summed E-state index contributed by atoms with van der Waals surface area (Å²) in [6, 6.07) is 21.3. The highest BCUT2D eigenvalue weighted by Gasteiger charge is 2.09. The molecule has 0 spiro atoms. The molecule has 0 aliphatic carbocycles. The molecule has 0 saturated heterocycles. The van der Waals surface area contributed by atoms with Crippen molar-refractivity contribution in [2.24, 2.45) is 0 Å². The third-order valence-corrected chi connectivity index (χ3v) is 4.56. The molecule has 0 aliphatic rings. The number of nitrogen functional groups attached to an aromatic ring is 1. The zero-order valence-electron chi connectivity index (χ0n) is 14.3. The van der Waals surface area contributed by atoms with Gasteiger partial charge in [-0.25, -0.2) is 4.98 Å². The number of benzene rings is 2. The fraction of sp³-hybridized carbons (Fsp3) is 0.0909. The zero-order chi connectivity index (χ0) is 17.9. The molecule has 0 fully saturated rings. The zero-order valence-corrected chi connectivity index (χ0v) is 14.3. The predicted octanol–water partition coefficient (Wildman–Crippen LogP) is 4.09. The average Bonchev–Trinajstić information content (AvgIpc) is 3.07. The number of hydrogen-bond acceptors (Lipinski definition) is 3. The topological polar surface area (TPSA) is 60.9 Å². The molecule has 0 amide bonds. The lowest BCUT2D eigenvalue weighted by molar-refractivity contribution is 0.0993. The number of anilines is 1. The predicted molar refractivity (Wildman–Crippen MR) is 104 cm³/mol. The quantitative estimate of drug-likeness (QED) is 0.439. The summed E-state index contributed by atoms with van der Waals surface area (Å²) < 4.78 is 2.11. The second kappa shape index (κ2) is 6.84. The molecule has 0 unspecified atom stereocenters. The van der Waals surface area contributed by atoms with E-state index in [0.717, 1.165) is 28.7 Å². The van der Waals surface area contributed by atoms with Crippen LogP contribution >= 0.6 is 0 Å². The Balaban J connectivity index is 1.50. The Labute approximate surface area is 151 Å². The van der Waals surface area contributed by atoms with Crippen LogP contribution in [0.2, 0.25) is 0 Å². The van der Waals surface area contributed by atoms with Gasteiger partial charge < -0.3 is 10.3 Å². The number of rotatable bonds is 5. The van der Waals surface area contributed by atoms with Gasteiger partial charge in [0.1, 0.15) is 5.65 Å². The monoisotopic (exact) mass is 341 g/mol. The molecule has 4 rings (SSSR count). The van der Waals surface area contributed by atoms with Crippen molar-refractivity contribution in [1.29, 1.82) is 0 Å². The first kappa shape index (κ1) is 16.1. The van der Waals surface area contributed by atoms with Gasteiger partial charge in [0.2, 0.25) is 0 Å². The van der Waals surface area contributed by atoms with Crippen LogP contribution in [-0.2, 0) is 13.0 Å². The number of para-hydroxylation sites is 1. The summed E-state index contributed by atoms with van der Waals surface area (Å²) in [6.07, 6.45) is 4.16. The Morgan fingerprint density at radius 2 is 1.77 bits per heavy atom. The van der Waals surface area contributed by atoms with Crippen LogP contribution in [0.25, 0.3) is 11.0 Å². The van der Waals surface area contributed by atoms with Crippen molar-refractivity contribution in [2.75, 3.05) is 5.73 Å². The Morgan fingerprint density at radius 1 is 0.962 bits per heavy atom. The molecule has 2 N–H and O–H groups in total. The van der Waals surface area contributed by atoms with Gasteiger partial charge in [0, 0.05) is 42.0 Å². The van der Waals surface area contributed by atoms with Gasteiger partial charge in [0.25, 0.3) is 0 Å². The SMILES string of the molecule is Nc1ccccc1CC(=O)c1ccc(Cn2ccc3cccnc32)cc1. The number of nitrogens with zero attached hydrogens (tertiary/aromatic N) is 2. The number of nitrogens with two attached hydrogens (primary N) is 1.